The van der Waals surface area contributed by atoms with Gasteiger partial charge in [-0.3, -0.25) is 4.79 Å². The Kier molecular flexibility index (Phi) is 5.33. The second-order valence-electron chi connectivity index (χ2n) is 5.85. The molecule has 1 aliphatic rings. The highest BCUT2D eigenvalue weighted by molar-refractivity contribution is 7.99. The average Bonchev–Trinajstić information content (AvgIpc) is 3.21. The fourth-order valence-electron chi connectivity index (χ4n) is 2.74. The molecule has 6 heteroatoms. The number of hydrogen-bond acceptors (Lipinski definition) is 5. The molecule has 0 N–H and O–H groups in total. The normalized spacial score (nSPS) is 17.6. The molecular weight excluding hydrogens is 310 g/mol. The SMILES string of the molecule is Cc1noc(CCC(=O)N2CC[C@@H](CSc3ccccc3)C2)n1. The Morgan fingerprint density at radius 2 is 2.22 bits per heavy atom. The first-order valence-corrected chi connectivity index (χ1v) is 8.94. The maximum Gasteiger partial charge on any atom is 0.227 e. The van der Waals surface area contributed by atoms with Crippen molar-refractivity contribution in [3.8, 4) is 0 Å². The number of amides is 1. The lowest BCUT2D eigenvalue weighted by molar-refractivity contribution is -0.130. The Bertz CT molecular complexity index is 644. The Morgan fingerprint density at radius 1 is 1.39 bits per heavy atom. The summed E-state index contributed by atoms with van der Waals surface area (Å²) in [4.78, 5) is 19.7. The van der Waals surface area contributed by atoms with Gasteiger partial charge >= 0.3 is 0 Å². The number of hydrogen-bond donors (Lipinski definition) is 0. The summed E-state index contributed by atoms with van der Waals surface area (Å²) in [6.07, 6.45) is 2.06. The highest BCUT2D eigenvalue weighted by Crippen LogP contribution is 2.26. The first-order chi connectivity index (χ1) is 11.2. The summed E-state index contributed by atoms with van der Waals surface area (Å²) in [7, 11) is 0. The van der Waals surface area contributed by atoms with E-state index in [-0.39, 0.29) is 5.91 Å². The van der Waals surface area contributed by atoms with E-state index >= 15 is 0 Å². The standard InChI is InChI=1S/C17H21N3O2S/c1-13-18-16(22-19-13)7-8-17(21)20-10-9-14(11-20)12-23-15-5-3-2-4-6-15/h2-6,14H,7-12H2,1H3/t14-/m1/s1. The summed E-state index contributed by atoms with van der Waals surface area (Å²) < 4.78 is 5.05. The van der Waals surface area contributed by atoms with Gasteiger partial charge in [0.15, 0.2) is 5.82 Å². The quantitative estimate of drug-likeness (QED) is 0.762. The number of carbonyl (C=O) groups is 1. The van der Waals surface area contributed by atoms with E-state index in [2.05, 4.69) is 34.4 Å². The number of rotatable bonds is 6. The Balaban J connectivity index is 1.41. The van der Waals surface area contributed by atoms with Crippen LogP contribution in [-0.2, 0) is 11.2 Å². The molecule has 0 unspecified atom stereocenters. The van der Waals surface area contributed by atoms with Crippen molar-refractivity contribution in [3.63, 3.8) is 0 Å². The van der Waals surface area contributed by atoms with Crippen molar-refractivity contribution in [2.24, 2.45) is 5.92 Å². The molecule has 1 saturated heterocycles. The molecule has 23 heavy (non-hydrogen) atoms. The third-order valence-corrected chi connectivity index (χ3v) is 5.23. The first kappa shape index (κ1) is 16.1. The van der Waals surface area contributed by atoms with Gasteiger partial charge in [0.05, 0.1) is 0 Å². The lowest BCUT2D eigenvalue weighted by Gasteiger charge is -2.16. The molecule has 0 spiro atoms. The van der Waals surface area contributed by atoms with Crippen LogP contribution in [-0.4, -0.2) is 39.8 Å². The van der Waals surface area contributed by atoms with Gasteiger partial charge in [-0.25, -0.2) is 0 Å². The topological polar surface area (TPSA) is 59.2 Å². The number of aryl methyl sites for hydroxylation is 2. The number of thioether (sulfide) groups is 1. The lowest BCUT2D eigenvalue weighted by atomic mass is 10.2. The van der Waals surface area contributed by atoms with Crippen LogP contribution in [0, 0.1) is 12.8 Å². The van der Waals surface area contributed by atoms with Crippen molar-refractivity contribution < 1.29 is 9.32 Å². The van der Waals surface area contributed by atoms with Crippen molar-refractivity contribution in [2.45, 2.75) is 31.1 Å². The van der Waals surface area contributed by atoms with Gasteiger partial charge in [0.1, 0.15) is 0 Å². The maximum atomic E-state index is 12.3. The zero-order valence-corrected chi connectivity index (χ0v) is 14.1. The average molecular weight is 331 g/mol. The van der Waals surface area contributed by atoms with Gasteiger partial charge in [-0.15, -0.1) is 11.8 Å². The van der Waals surface area contributed by atoms with Crippen molar-refractivity contribution in [1.82, 2.24) is 15.0 Å². The molecule has 1 aromatic carbocycles. The molecule has 1 aromatic heterocycles. The molecule has 3 rings (SSSR count). The second kappa shape index (κ2) is 7.64. The van der Waals surface area contributed by atoms with E-state index in [0.29, 0.717) is 30.5 Å². The molecule has 122 valence electrons. The summed E-state index contributed by atoms with van der Waals surface area (Å²) >= 11 is 1.87. The van der Waals surface area contributed by atoms with Gasteiger partial charge in [-0.2, -0.15) is 4.98 Å². The van der Waals surface area contributed by atoms with Crippen LogP contribution in [0.15, 0.2) is 39.8 Å². The van der Waals surface area contributed by atoms with Crippen molar-refractivity contribution in [2.75, 3.05) is 18.8 Å². The van der Waals surface area contributed by atoms with Crippen LogP contribution in [0.4, 0.5) is 0 Å². The van der Waals surface area contributed by atoms with Gasteiger partial charge in [0.25, 0.3) is 0 Å². The van der Waals surface area contributed by atoms with Gasteiger partial charge < -0.3 is 9.42 Å². The van der Waals surface area contributed by atoms with E-state index < -0.39 is 0 Å². The van der Waals surface area contributed by atoms with E-state index in [4.69, 9.17) is 4.52 Å². The number of likely N-dealkylation sites (tertiary alicyclic amines) is 1. The second-order valence-corrected chi connectivity index (χ2v) is 6.95. The largest absolute Gasteiger partial charge is 0.342 e. The van der Waals surface area contributed by atoms with E-state index in [0.717, 1.165) is 25.3 Å². The number of aromatic nitrogens is 2. The summed E-state index contributed by atoms with van der Waals surface area (Å²) in [6, 6.07) is 10.4. The molecule has 0 saturated carbocycles. The molecule has 2 heterocycles. The van der Waals surface area contributed by atoms with Crippen LogP contribution in [0.3, 0.4) is 0 Å². The Hall–Kier alpha value is -1.82. The molecular formula is C17H21N3O2S. The predicted octanol–water partition coefficient (Wildman–Crippen LogP) is 2.95. The molecule has 1 fully saturated rings. The van der Waals surface area contributed by atoms with Gasteiger partial charge in [0, 0.05) is 36.6 Å². The molecule has 1 aliphatic heterocycles. The van der Waals surface area contributed by atoms with E-state index in [1.165, 1.54) is 4.90 Å². The smallest absolute Gasteiger partial charge is 0.227 e. The number of benzene rings is 1. The van der Waals surface area contributed by atoms with Crippen molar-refractivity contribution in [1.29, 1.82) is 0 Å². The van der Waals surface area contributed by atoms with E-state index in [1.54, 1.807) is 6.92 Å². The van der Waals surface area contributed by atoms with Crippen molar-refractivity contribution in [3.05, 3.63) is 42.0 Å². The third kappa shape index (κ3) is 4.58. The van der Waals surface area contributed by atoms with Gasteiger partial charge in [-0.1, -0.05) is 23.4 Å². The molecule has 5 nitrogen and oxygen atoms in total. The van der Waals surface area contributed by atoms with Crippen LogP contribution >= 0.6 is 11.8 Å². The van der Waals surface area contributed by atoms with E-state index in [1.807, 2.05) is 22.7 Å². The fourth-order valence-corrected chi connectivity index (χ4v) is 3.79. The summed E-state index contributed by atoms with van der Waals surface area (Å²) in [5.41, 5.74) is 0. The highest BCUT2D eigenvalue weighted by Gasteiger charge is 2.26. The molecule has 2 aromatic rings. The predicted molar refractivity (Wildman–Crippen MR) is 89.2 cm³/mol. The molecule has 1 amide bonds. The van der Waals surface area contributed by atoms with E-state index in [9.17, 15) is 4.79 Å². The molecule has 0 aliphatic carbocycles. The third-order valence-electron chi connectivity index (χ3n) is 3.99. The van der Waals surface area contributed by atoms with Crippen LogP contribution in [0.2, 0.25) is 0 Å². The number of nitrogens with zero attached hydrogens (tertiary/aromatic N) is 3. The molecule has 1 atom stereocenters. The fraction of sp³-hybridized carbons (Fsp3) is 0.471. The van der Waals surface area contributed by atoms with Gasteiger partial charge in [-0.05, 0) is 31.4 Å². The summed E-state index contributed by atoms with van der Waals surface area (Å²) in [5.74, 6) is 3.00. The highest BCUT2D eigenvalue weighted by atomic mass is 32.2. The monoisotopic (exact) mass is 331 g/mol. The van der Waals surface area contributed by atoms with Crippen LogP contribution in [0.5, 0.6) is 0 Å². The van der Waals surface area contributed by atoms with Crippen LogP contribution in [0.1, 0.15) is 24.6 Å². The van der Waals surface area contributed by atoms with Gasteiger partial charge in [0.2, 0.25) is 11.8 Å². The van der Waals surface area contributed by atoms with Crippen LogP contribution < -0.4 is 0 Å². The molecule has 0 bridgehead atoms. The lowest BCUT2D eigenvalue weighted by Crippen LogP contribution is -2.29. The zero-order valence-electron chi connectivity index (χ0n) is 13.3. The van der Waals surface area contributed by atoms with Crippen LogP contribution in [0.25, 0.3) is 0 Å². The number of carbonyl (C=O) groups excluding carboxylic acids is 1. The molecule has 0 radical (unpaired) electrons. The Morgan fingerprint density at radius 3 is 2.96 bits per heavy atom. The first-order valence-electron chi connectivity index (χ1n) is 7.95. The summed E-state index contributed by atoms with van der Waals surface area (Å²) in [6.45, 7) is 3.51. The minimum absolute atomic E-state index is 0.188. The Labute approximate surface area is 140 Å². The summed E-state index contributed by atoms with van der Waals surface area (Å²) in [5, 5.41) is 3.74. The minimum Gasteiger partial charge on any atom is -0.342 e. The maximum absolute atomic E-state index is 12.3. The van der Waals surface area contributed by atoms with Crippen molar-refractivity contribution >= 4 is 17.7 Å². The minimum atomic E-state index is 0.188. The zero-order chi connectivity index (χ0) is 16.1.